The van der Waals surface area contributed by atoms with Crippen LogP contribution in [0.2, 0.25) is 10.0 Å². The maximum absolute atomic E-state index is 12.6. The minimum Gasteiger partial charge on any atom is -0.495 e. The van der Waals surface area contributed by atoms with Crippen molar-refractivity contribution in [2.45, 2.75) is 11.8 Å². The summed E-state index contributed by atoms with van der Waals surface area (Å²) in [6, 6.07) is 8.57. The highest BCUT2D eigenvalue weighted by Crippen LogP contribution is 2.33. The number of anilines is 2. The van der Waals surface area contributed by atoms with Crippen LogP contribution in [0.25, 0.3) is 0 Å². The summed E-state index contributed by atoms with van der Waals surface area (Å²) in [7, 11) is -2.60. The standard InChI is InChI=1S/C16H16Cl2N2O5S/c1-3-25-16(21)19-13-9-10(7-8-14(13)24-2)26(22,23)20-12-6-4-5-11(17)15(12)18/h4-9,20H,3H2,1-2H3,(H,19,21). The van der Waals surface area contributed by atoms with Crippen LogP contribution in [-0.4, -0.2) is 28.2 Å². The van der Waals surface area contributed by atoms with E-state index >= 15 is 0 Å². The van der Waals surface area contributed by atoms with E-state index in [4.69, 9.17) is 32.7 Å². The lowest BCUT2D eigenvalue weighted by Gasteiger charge is -2.14. The molecule has 0 aromatic heterocycles. The van der Waals surface area contributed by atoms with Crippen molar-refractivity contribution >= 4 is 50.7 Å². The second-order valence-corrected chi connectivity index (χ2v) is 7.38. The van der Waals surface area contributed by atoms with Crippen molar-refractivity contribution < 1.29 is 22.7 Å². The van der Waals surface area contributed by atoms with Gasteiger partial charge in [-0.1, -0.05) is 29.3 Å². The fourth-order valence-corrected chi connectivity index (χ4v) is 3.52. The number of amides is 1. The molecule has 0 atom stereocenters. The molecule has 0 aliphatic carbocycles. The molecule has 2 aromatic carbocycles. The minimum atomic E-state index is -3.99. The normalized spacial score (nSPS) is 10.9. The molecule has 2 aromatic rings. The third-order valence-corrected chi connectivity index (χ3v) is 5.37. The lowest BCUT2D eigenvalue weighted by atomic mass is 10.3. The van der Waals surface area contributed by atoms with Crippen LogP contribution in [-0.2, 0) is 14.8 Å². The number of nitrogens with one attached hydrogen (secondary N) is 2. The smallest absolute Gasteiger partial charge is 0.411 e. The van der Waals surface area contributed by atoms with Crippen molar-refractivity contribution in [1.82, 2.24) is 0 Å². The summed E-state index contributed by atoms with van der Waals surface area (Å²) in [6.45, 7) is 1.82. The number of halogens is 2. The average molecular weight is 419 g/mol. The summed E-state index contributed by atoms with van der Waals surface area (Å²) in [6.07, 6.45) is -0.730. The molecule has 0 aliphatic rings. The van der Waals surface area contributed by atoms with E-state index in [-0.39, 0.29) is 38.7 Å². The van der Waals surface area contributed by atoms with E-state index in [1.165, 1.54) is 37.4 Å². The highest BCUT2D eigenvalue weighted by Gasteiger charge is 2.19. The second kappa shape index (κ2) is 8.48. The monoisotopic (exact) mass is 418 g/mol. The van der Waals surface area contributed by atoms with Crippen LogP contribution in [0.4, 0.5) is 16.2 Å². The number of ether oxygens (including phenoxy) is 2. The van der Waals surface area contributed by atoms with Gasteiger partial charge in [-0.2, -0.15) is 0 Å². The fourth-order valence-electron chi connectivity index (χ4n) is 2.02. The van der Waals surface area contributed by atoms with Gasteiger partial charge in [0.15, 0.2) is 0 Å². The Morgan fingerprint density at radius 2 is 1.88 bits per heavy atom. The Balaban J connectivity index is 2.37. The molecule has 0 saturated carbocycles. The van der Waals surface area contributed by atoms with Crippen molar-refractivity contribution in [1.29, 1.82) is 0 Å². The van der Waals surface area contributed by atoms with Crippen LogP contribution < -0.4 is 14.8 Å². The van der Waals surface area contributed by atoms with Gasteiger partial charge in [0.25, 0.3) is 10.0 Å². The Morgan fingerprint density at radius 3 is 2.54 bits per heavy atom. The van der Waals surface area contributed by atoms with Gasteiger partial charge in [0.05, 0.1) is 40.0 Å². The number of carbonyl (C=O) groups excluding carboxylic acids is 1. The molecule has 0 bridgehead atoms. The topological polar surface area (TPSA) is 93.7 Å². The Hall–Kier alpha value is -2.16. The van der Waals surface area contributed by atoms with Gasteiger partial charge in [-0.25, -0.2) is 13.2 Å². The first-order valence-corrected chi connectivity index (χ1v) is 9.61. The number of benzene rings is 2. The molecule has 0 spiro atoms. The van der Waals surface area contributed by atoms with E-state index in [0.717, 1.165) is 0 Å². The molecule has 0 aliphatic heterocycles. The summed E-state index contributed by atoms with van der Waals surface area (Å²) in [5.41, 5.74) is 0.279. The zero-order valence-corrected chi connectivity index (χ0v) is 16.2. The third-order valence-electron chi connectivity index (χ3n) is 3.19. The van der Waals surface area contributed by atoms with Crippen molar-refractivity contribution in [3.05, 3.63) is 46.4 Å². The van der Waals surface area contributed by atoms with Gasteiger partial charge in [0.2, 0.25) is 0 Å². The van der Waals surface area contributed by atoms with E-state index in [2.05, 4.69) is 10.0 Å². The average Bonchev–Trinajstić information content (AvgIpc) is 2.59. The number of carbonyl (C=O) groups is 1. The van der Waals surface area contributed by atoms with Gasteiger partial charge in [-0.05, 0) is 37.3 Å². The molecule has 140 valence electrons. The number of sulfonamides is 1. The molecule has 0 unspecified atom stereocenters. The third kappa shape index (κ3) is 4.72. The SMILES string of the molecule is CCOC(=O)Nc1cc(S(=O)(=O)Nc2cccc(Cl)c2Cl)ccc1OC. The van der Waals surface area contributed by atoms with E-state index < -0.39 is 16.1 Å². The zero-order valence-electron chi connectivity index (χ0n) is 13.9. The largest absolute Gasteiger partial charge is 0.495 e. The maximum atomic E-state index is 12.6. The summed E-state index contributed by atoms with van der Waals surface area (Å²) in [4.78, 5) is 11.5. The van der Waals surface area contributed by atoms with Gasteiger partial charge in [0.1, 0.15) is 5.75 Å². The first-order valence-electron chi connectivity index (χ1n) is 7.37. The van der Waals surface area contributed by atoms with Crippen molar-refractivity contribution in [2.24, 2.45) is 0 Å². The molecule has 10 heteroatoms. The number of methoxy groups -OCH3 is 1. The Bertz CT molecular complexity index is 919. The fraction of sp³-hybridized carbons (Fsp3) is 0.188. The Labute approximate surface area is 161 Å². The molecule has 7 nitrogen and oxygen atoms in total. The van der Waals surface area contributed by atoms with Crippen molar-refractivity contribution in [3.63, 3.8) is 0 Å². The van der Waals surface area contributed by atoms with Crippen LogP contribution in [0.5, 0.6) is 5.75 Å². The van der Waals surface area contributed by atoms with Gasteiger partial charge in [-0.3, -0.25) is 10.0 Å². The molecular formula is C16H16Cl2N2O5S. The molecule has 2 rings (SSSR count). The van der Waals surface area contributed by atoms with Crippen LogP contribution >= 0.6 is 23.2 Å². The van der Waals surface area contributed by atoms with E-state index in [1.54, 1.807) is 13.0 Å². The quantitative estimate of drug-likeness (QED) is 0.725. The number of hydrogen-bond donors (Lipinski definition) is 2. The first kappa shape index (κ1) is 20.2. The molecule has 1 amide bonds. The van der Waals surface area contributed by atoms with Crippen LogP contribution in [0.15, 0.2) is 41.3 Å². The number of rotatable bonds is 6. The van der Waals surface area contributed by atoms with Crippen molar-refractivity contribution in [3.8, 4) is 5.75 Å². The van der Waals surface area contributed by atoms with Crippen molar-refractivity contribution in [2.75, 3.05) is 23.8 Å². The van der Waals surface area contributed by atoms with Crippen LogP contribution in [0.1, 0.15) is 6.92 Å². The van der Waals surface area contributed by atoms with E-state index in [0.29, 0.717) is 0 Å². The first-order chi connectivity index (χ1) is 12.3. The lowest BCUT2D eigenvalue weighted by Crippen LogP contribution is -2.16. The molecule has 0 radical (unpaired) electrons. The van der Waals surface area contributed by atoms with Gasteiger partial charge >= 0.3 is 6.09 Å². The summed E-state index contributed by atoms with van der Waals surface area (Å²) < 4.78 is 37.5. The Kier molecular flexibility index (Phi) is 6.57. The maximum Gasteiger partial charge on any atom is 0.411 e. The van der Waals surface area contributed by atoms with Gasteiger partial charge < -0.3 is 9.47 Å². The molecular weight excluding hydrogens is 403 g/mol. The van der Waals surface area contributed by atoms with Gasteiger partial charge in [-0.15, -0.1) is 0 Å². The molecule has 26 heavy (non-hydrogen) atoms. The van der Waals surface area contributed by atoms with Crippen LogP contribution in [0.3, 0.4) is 0 Å². The molecule has 0 heterocycles. The van der Waals surface area contributed by atoms with Gasteiger partial charge in [0, 0.05) is 0 Å². The highest BCUT2D eigenvalue weighted by molar-refractivity contribution is 7.92. The molecule has 0 fully saturated rings. The molecule has 2 N–H and O–H groups in total. The predicted molar refractivity (Wildman–Crippen MR) is 101 cm³/mol. The van der Waals surface area contributed by atoms with Crippen LogP contribution in [0, 0.1) is 0 Å². The lowest BCUT2D eigenvalue weighted by molar-refractivity contribution is 0.168. The molecule has 0 saturated heterocycles. The Morgan fingerprint density at radius 1 is 1.15 bits per heavy atom. The highest BCUT2D eigenvalue weighted by atomic mass is 35.5. The van der Waals surface area contributed by atoms with E-state index in [1.807, 2.05) is 0 Å². The summed E-state index contributed by atoms with van der Waals surface area (Å²) in [5.74, 6) is 0.276. The zero-order chi connectivity index (χ0) is 19.3. The second-order valence-electron chi connectivity index (χ2n) is 4.91. The van der Waals surface area contributed by atoms with E-state index in [9.17, 15) is 13.2 Å². The minimum absolute atomic E-state index is 0.0797. The predicted octanol–water partition coefficient (Wildman–Crippen LogP) is 4.37. The number of hydrogen-bond acceptors (Lipinski definition) is 5. The summed E-state index contributed by atoms with van der Waals surface area (Å²) in [5, 5.41) is 2.73. The summed E-state index contributed by atoms with van der Waals surface area (Å²) >= 11 is 11.9.